The molecule has 0 saturated carbocycles. The van der Waals surface area contributed by atoms with Crippen LogP contribution in [0.5, 0.6) is 0 Å². The largest absolute Gasteiger partial charge is 0.314 e. The molecule has 0 unspecified atom stereocenters. The lowest BCUT2D eigenvalue weighted by Crippen LogP contribution is -1.93. The van der Waals surface area contributed by atoms with Crippen molar-refractivity contribution in [2.75, 3.05) is 0 Å². The van der Waals surface area contributed by atoms with Gasteiger partial charge in [-0.2, -0.15) is 23.7 Å². The highest BCUT2D eigenvalue weighted by atomic mass is 19.1. The molecule has 3 nitrogen and oxygen atoms in total. The molecule has 8 heavy (non-hydrogen) atoms. The molecule has 0 N–H and O–H groups in total. The fourth-order valence-corrected chi connectivity index (χ4v) is 0.258. The second-order valence-electron chi connectivity index (χ2n) is 1.02. The molecule has 0 radical (unpaired) electrons. The minimum absolute atomic E-state index is 0.762. The van der Waals surface area contributed by atoms with E-state index in [-0.39, 0.29) is 0 Å². The van der Waals surface area contributed by atoms with Crippen LogP contribution in [0, 0.1) is 12.2 Å². The Bertz CT molecular complexity index is 172. The number of halogens is 2. The van der Waals surface area contributed by atoms with Crippen molar-refractivity contribution in [1.82, 2.24) is 15.0 Å². The average Bonchev–Trinajstić information content (AvgIpc) is 1.64. The van der Waals surface area contributed by atoms with E-state index in [4.69, 9.17) is 0 Å². The van der Waals surface area contributed by atoms with E-state index in [2.05, 4.69) is 15.0 Å². The summed E-state index contributed by atoms with van der Waals surface area (Å²) in [5.41, 5.74) is 0. The number of nitrogens with zero attached hydrogens (tertiary/aromatic N) is 3. The van der Waals surface area contributed by atoms with Gasteiger partial charge < -0.3 is 0 Å². The Morgan fingerprint density at radius 2 is 1.62 bits per heavy atom. The SMILES string of the molecule is Fc1ncnc(F)n1. The minimum Gasteiger partial charge on any atom is -0.190 e. The van der Waals surface area contributed by atoms with Crippen LogP contribution in [0.2, 0.25) is 0 Å². The van der Waals surface area contributed by atoms with Gasteiger partial charge in [0.25, 0.3) is 0 Å². The van der Waals surface area contributed by atoms with Gasteiger partial charge >= 0.3 is 12.2 Å². The van der Waals surface area contributed by atoms with Gasteiger partial charge in [0.2, 0.25) is 0 Å². The smallest absolute Gasteiger partial charge is 0.190 e. The van der Waals surface area contributed by atoms with E-state index >= 15 is 0 Å². The van der Waals surface area contributed by atoms with Gasteiger partial charge in [0.1, 0.15) is 6.33 Å². The molecule has 0 aliphatic rings. The first-order valence-electron chi connectivity index (χ1n) is 1.79. The van der Waals surface area contributed by atoms with Gasteiger partial charge in [-0.3, -0.25) is 0 Å². The summed E-state index contributed by atoms with van der Waals surface area (Å²) in [4.78, 5) is 8.44. The van der Waals surface area contributed by atoms with E-state index in [1.807, 2.05) is 0 Å². The van der Waals surface area contributed by atoms with Crippen LogP contribution < -0.4 is 0 Å². The normalized spacial score (nSPS) is 9.25. The minimum atomic E-state index is -1.10. The van der Waals surface area contributed by atoms with E-state index in [0.717, 1.165) is 6.33 Å². The first-order chi connectivity index (χ1) is 3.79. The predicted octanol–water partition coefficient (Wildman–Crippen LogP) is 0.150. The number of hydrogen-bond donors (Lipinski definition) is 0. The number of hydrogen-bond acceptors (Lipinski definition) is 3. The van der Waals surface area contributed by atoms with Crippen molar-refractivity contribution < 1.29 is 8.78 Å². The van der Waals surface area contributed by atoms with Crippen LogP contribution in [-0.4, -0.2) is 15.0 Å². The molecule has 0 atom stereocenters. The molecule has 1 heterocycles. The van der Waals surface area contributed by atoms with Crippen molar-refractivity contribution in [3.63, 3.8) is 0 Å². The van der Waals surface area contributed by atoms with Gasteiger partial charge in [0.15, 0.2) is 0 Å². The first-order valence-corrected chi connectivity index (χ1v) is 1.79. The van der Waals surface area contributed by atoms with Crippen molar-refractivity contribution >= 4 is 0 Å². The van der Waals surface area contributed by atoms with E-state index in [1.54, 1.807) is 0 Å². The van der Waals surface area contributed by atoms with Crippen LogP contribution in [0.25, 0.3) is 0 Å². The highest BCUT2D eigenvalue weighted by Gasteiger charge is 1.93. The molecule has 1 rings (SSSR count). The summed E-state index contributed by atoms with van der Waals surface area (Å²) in [7, 11) is 0. The van der Waals surface area contributed by atoms with Crippen LogP contribution >= 0.6 is 0 Å². The third-order valence-corrected chi connectivity index (χ3v) is 0.513. The van der Waals surface area contributed by atoms with Crippen LogP contribution in [-0.2, 0) is 0 Å². The summed E-state index contributed by atoms with van der Waals surface area (Å²) < 4.78 is 23.3. The lowest BCUT2D eigenvalue weighted by molar-refractivity contribution is 0.454. The molecule has 1 aromatic heterocycles. The van der Waals surface area contributed by atoms with Crippen molar-refractivity contribution in [3.05, 3.63) is 18.5 Å². The average molecular weight is 117 g/mol. The standard InChI is InChI=1S/C3HF2N3/c4-2-6-1-7-3(5)8-2/h1H. The molecule has 42 valence electrons. The quantitative estimate of drug-likeness (QED) is 0.485. The van der Waals surface area contributed by atoms with E-state index in [0.29, 0.717) is 0 Å². The van der Waals surface area contributed by atoms with Crippen LogP contribution in [0.4, 0.5) is 8.78 Å². The zero-order chi connectivity index (χ0) is 5.98. The molecule has 1 aromatic rings. The summed E-state index contributed by atoms with van der Waals surface area (Å²) in [6, 6.07) is 0. The molecule has 0 spiro atoms. The maximum absolute atomic E-state index is 11.7. The Labute approximate surface area is 43.4 Å². The maximum Gasteiger partial charge on any atom is 0.314 e. The second kappa shape index (κ2) is 1.77. The lowest BCUT2D eigenvalue weighted by atomic mass is 11.0. The molecule has 0 aromatic carbocycles. The molecule has 0 saturated heterocycles. The third-order valence-electron chi connectivity index (χ3n) is 0.513. The Hall–Kier alpha value is -1.13. The van der Waals surface area contributed by atoms with Crippen molar-refractivity contribution in [2.45, 2.75) is 0 Å². The lowest BCUT2D eigenvalue weighted by Gasteiger charge is -1.81. The second-order valence-corrected chi connectivity index (χ2v) is 1.02. The predicted molar refractivity (Wildman–Crippen MR) is 19.7 cm³/mol. The summed E-state index contributed by atoms with van der Waals surface area (Å²) >= 11 is 0. The van der Waals surface area contributed by atoms with Gasteiger partial charge in [0.05, 0.1) is 0 Å². The van der Waals surface area contributed by atoms with Gasteiger partial charge in [-0.25, -0.2) is 0 Å². The molecule has 5 heteroatoms. The summed E-state index contributed by atoms with van der Waals surface area (Å²) in [5.74, 6) is 0. The Morgan fingerprint density at radius 3 is 1.88 bits per heavy atom. The zero-order valence-electron chi connectivity index (χ0n) is 3.67. The molecule has 0 amide bonds. The summed E-state index contributed by atoms with van der Waals surface area (Å²) in [6.45, 7) is 0. The molecular weight excluding hydrogens is 116 g/mol. The Balaban J connectivity index is 3.08. The molecule has 0 aliphatic heterocycles. The van der Waals surface area contributed by atoms with Crippen LogP contribution in [0.15, 0.2) is 6.33 Å². The number of rotatable bonds is 0. The summed E-state index contributed by atoms with van der Waals surface area (Å²) in [6.07, 6.45) is -1.44. The first kappa shape index (κ1) is 5.02. The van der Waals surface area contributed by atoms with E-state index < -0.39 is 12.2 Å². The number of aromatic nitrogens is 3. The van der Waals surface area contributed by atoms with Crippen LogP contribution in [0.1, 0.15) is 0 Å². The molecular formula is C3HF2N3. The highest BCUT2D eigenvalue weighted by Crippen LogP contribution is 1.83. The summed E-state index contributed by atoms with van der Waals surface area (Å²) in [5, 5.41) is 0. The van der Waals surface area contributed by atoms with Gasteiger partial charge in [-0.1, -0.05) is 0 Å². The molecule has 0 bridgehead atoms. The highest BCUT2D eigenvalue weighted by molar-refractivity contribution is 4.60. The van der Waals surface area contributed by atoms with Crippen LogP contribution in [0.3, 0.4) is 0 Å². The molecule has 0 fully saturated rings. The fourth-order valence-electron chi connectivity index (χ4n) is 0.258. The maximum atomic E-state index is 11.7. The Kier molecular flexibility index (Phi) is 1.11. The van der Waals surface area contributed by atoms with Crippen molar-refractivity contribution in [3.8, 4) is 0 Å². The monoisotopic (exact) mass is 117 g/mol. The third kappa shape index (κ3) is 0.927. The fraction of sp³-hybridized carbons (Fsp3) is 0. The topological polar surface area (TPSA) is 38.7 Å². The van der Waals surface area contributed by atoms with E-state index in [9.17, 15) is 8.78 Å². The van der Waals surface area contributed by atoms with Crippen molar-refractivity contribution in [2.24, 2.45) is 0 Å². The van der Waals surface area contributed by atoms with Crippen molar-refractivity contribution in [1.29, 1.82) is 0 Å². The zero-order valence-corrected chi connectivity index (χ0v) is 3.67. The van der Waals surface area contributed by atoms with Gasteiger partial charge in [-0.05, 0) is 0 Å². The van der Waals surface area contributed by atoms with Gasteiger partial charge in [0, 0.05) is 0 Å². The van der Waals surface area contributed by atoms with Gasteiger partial charge in [-0.15, -0.1) is 0 Å². The molecule has 0 aliphatic carbocycles. The van der Waals surface area contributed by atoms with E-state index in [1.165, 1.54) is 0 Å². The Morgan fingerprint density at radius 1 is 1.12 bits per heavy atom.